The summed E-state index contributed by atoms with van der Waals surface area (Å²) < 4.78 is 0. The van der Waals surface area contributed by atoms with Gasteiger partial charge in [-0.15, -0.1) is 0 Å². The number of benzene rings is 5. The van der Waals surface area contributed by atoms with Gasteiger partial charge in [0.25, 0.3) is 0 Å². The fourth-order valence-corrected chi connectivity index (χ4v) is 6.70. The lowest BCUT2D eigenvalue weighted by Gasteiger charge is -2.15. The molecule has 3 nitrogen and oxygen atoms in total. The van der Waals surface area contributed by atoms with Gasteiger partial charge in [-0.05, 0) is 75.5 Å². The highest BCUT2D eigenvalue weighted by Gasteiger charge is 2.16. The predicted octanol–water partition coefficient (Wildman–Crippen LogP) is 12.8. The first-order valence-corrected chi connectivity index (χ1v) is 17.5. The van der Waals surface area contributed by atoms with E-state index in [2.05, 4.69) is 173 Å². The minimum Gasteiger partial charge on any atom is -0.250 e. The molecule has 0 N–H and O–H groups in total. The molecule has 0 aliphatic carbocycles. The molecule has 3 aromatic heterocycles. The molecular formula is C47H39N3. The highest BCUT2D eigenvalue weighted by Crippen LogP contribution is 2.37. The first-order valence-electron chi connectivity index (χ1n) is 17.5. The Morgan fingerprint density at radius 3 is 1.58 bits per heavy atom. The van der Waals surface area contributed by atoms with E-state index in [-0.39, 0.29) is 5.92 Å². The van der Waals surface area contributed by atoms with E-state index in [4.69, 9.17) is 15.0 Å². The van der Waals surface area contributed by atoms with E-state index in [1.165, 1.54) is 11.1 Å². The molecule has 3 heterocycles. The molecule has 0 aliphatic rings. The van der Waals surface area contributed by atoms with Gasteiger partial charge < -0.3 is 0 Å². The van der Waals surface area contributed by atoms with Gasteiger partial charge >= 0.3 is 0 Å². The minimum absolute atomic E-state index is 0.268. The quantitative estimate of drug-likeness (QED) is 0.162. The summed E-state index contributed by atoms with van der Waals surface area (Å²) >= 11 is 0. The van der Waals surface area contributed by atoms with E-state index >= 15 is 0 Å². The van der Waals surface area contributed by atoms with Crippen LogP contribution in [0, 0.1) is 0 Å². The third-order valence-electron chi connectivity index (χ3n) is 9.55. The standard InChI is InChI=1S/C47H39N3/c1-30(2)42-25-23-36-22-24-40-41(29-43(31(3)4)50-47(40)46(36)49-42)37-16-11-17-38(26-37)45-28-39(27-44(48-45)35-14-9-6-10-15-35)34-20-18-33(19-21-34)32-12-7-5-8-13-32/h5-31H,1-4H3. The van der Waals surface area contributed by atoms with Gasteiger partial charge in [0.15, 0.2) is 0 Å². The van der Waals surface area contributed by atoms with Crippen LogP contribution in [-0.2, 0) is 0 Å². The Balaban J connectivity index is 1.28. The molecule has 0 saturated heterocycles. The largest absolute Gasteiger partial charge is 0.250 e. The van der Waals surface area contributed by atoms with E-state index in [1.54, 1.807) is 0 Å². The Labute approximate surface area is 294 Å². The van der Waals surface area contributed by atoms with Crippen LogP contribution in [0.2, 0.25) is 0 Å². The minimum atomic E-state index is 0.268. The number of fused-ring (bicyclic) bond motifs is 3. The van der Waals surface area contributed by atoms with E-state index < -0.39 is 0 Å². The Morgan fingerprint density at radius 1 is 0.360 bits per heavy atom. The molecule has 0 amide bonds. The summed E-state index contributed by atoms with van der Waals surface area (Å²) in [6.07, 6.45) is 0. The molecule has 0 aliphatic heterocycles. The number of rotatable bonds is 7. The van der Waals surface area contributed by atoms with Gasteiger partial charge in [-0.2, -0.15) is 0 Å². The van der Waals surface area contributed by atoms with Crippen LogP contribution >= 0.6 is 0 Å². The molecular weight excluding hydrogens is 607 g/mol. The lowest BCUT2D eigenvalue weighted by molar-refractivity contribution is 0.826. The van der Waals surface area contributed by atoms with Crippen LogP contribution in [0.3, 0.4) is 0 Å². The van der Waals surface area contributed by atoms with Gasteiger partial charge in [0.2, 0.25) is 0 Å². The van der Waals surface area contributed by atoms with E-state index in [0.29, 0.717) is 5.92 Å². The monoisotopic (exact) mass is 645 g/mol. The molecule has 0 atom stereocenters. The van der Waals surface area contributed by atoms with Gasteiger partial charge in [0.05, 0.1) is 22.4 Å². The Bertz CT molecular complexity index is 2460. The molecule has 0 fully saturated rings. The van der Waals surface area contributed by atoms with Gasteiger partial charge in [-0.1, -0.05) is 149 Å². The number of aromatic nitrogens is 3. The average Bonchev–Trinajstić information content (AvgIpc) is 3.17. The Morgan fingerprint density at radius 2 is 0.900 bits per heavy atom. The smallest absolute Gasteiger partial charge is 0.0974 e. The van der Waals surface area contributed by atoms with Crippen molar-refractivity contribution in [3.05, 3.63) is 163 Å². The zero-order valence-electron chi connectivity index (χ0n) is 28.9. The maximum absolute atomic E-state index is 5.25. The highest BCUT2D eigenvalue weighted by molar-refractivity contribution is 6.08. The van der Waals surface area contributed by atoms with Gasteiger partial charge in [0.1, 0.15) is 0 Å². The molecule has 8 rings (SSSR count). The van der Waals surface area contributed by atoms with Crippen molar-refractivity contribution in [2.45, 2.75) is 39.5 Å². The summed E-state index contributed by atoms with van der Waals surface area (Å²) in [5, 5.41) is 2.22. The molecule has 0 unspecified atom stereocenters. The lowest BCUT2D eigenvalue weighted by Crippen LogP contribution is -1.99. The molecule has 50 heavy (non-hydrogen) atoms. The molecule has 0 spiro atoms. The maximum Gasteiger partial charge on any atom is 0.0974 e. The van der Waals surface area contributed by atoms with Crippen molar-refractivity contribution in [2.24, 2.45) is 0 Å². The molecule has 8 aromatic rings. The summed E-state index contributed by atoms with van der Waals surface area (Å²) in [7, 11) is 0. The zero-order valence-corrected chi connectivity index (χ0v) is 28.9. The Kier molecular flexibility index (Phi) is 8.26. The van der Waals surface area contributed by atoms with Crippen molar-refractivity contribution >= 4 is 21.8 Å². The molecule has 3 heteroatoms. The van der Waals surface area contributed by atoms with Crippen LogP contribution in [0.4, 0.5) is 0 Å². The Hall–Kier alpha value is -5.93. The fraction of sp³-hybridized carbons (Fsp3) is 0.128. The summed E-state index contributed by atoms with van der Waals surface area (Å²) in [5.74, 6) is 0.606. The summed E-state index contributed by atoms with van der Waals surface area (Å²) in [5.41, 5.74) is 15.1. The highest BCUT2D eigenvalue weighted by atomic mass is 14.8. The van der Waals surface area contributed by atoms with Crippen molar-refractivity contribution in [2.75, 3.05) is 0 Å². The zero-order chi connectivity index (χ0) is 34.2. The number of hydrogen-bond donors (Lipinski definition) is 0. The third-order valence-corrected chi connectivity index (χ3v) is 9.55. The second-order valence-corrected chi connectivity index (χ2v) is 13.7. The van der Waals surface area contributed by atoms with Gasteiger partial charge in [0, 0.05) is 33.3 Å². The molecule has 242 valence electrons. The van der Waals surface area contributed by atoms with E-state index in [1.807, 2.05) is 6.07 Å². The summed E-state index contributed by atoms with van der Waals surface area (Å²) in [6.45, 7) is 8.79. The second kappa shape index (κ2) is 13.2. The average molecular weight is 646 g/mol. The van der Waals surface area contributed by atoms with Gasteiger partial charge in [-0.25, -0.2) is 4.98 Å². The second-order valence-electron chi connectivity index (χ2n) is 13.7. The summed E-state index contributed by atoms with van der Waals surface area (Å²) in [6, 6.07) is 54.0. The fourth-order valence-electron chi connectivity index (χ4n) is 6.70. The third kappa shape index (κ3) is 6.08. The van der Waals surface area contributed by atoms with Crippen molar-refractivity contribution in [3.8, 4) is 55.9 Å². The van der Waals surface area contributed by atoms with Gasteiger partial charge in [-0.3, -0.25) is 9.97 Å². The van der Waals surface area contributed by atoms with Crippen LogP contribution in [-0.4, -0.2) is 15.0 Å². The molecule has 0 saturated carbocycles. The SMILES string of the molecule is CC(C)c1ccc2ccc3c(-c4cccc(-c5cc(-c6ccc(-c7ccccc7)cc6)cc(-c6ccccc6)n5)c4)cc(C(C)C)nc3c2n1. The lowest BCUT2D eigenvalue weighted by atomic mass is 9.94. The predicted molar refractivity (Wildman–Crippen MR) is 210 cm³/mol. The first-order chi connectivity index (χ1) is 24.4. The van der Waals surface area contributed by atoms with E-state index in [9.17, 15) is 0 Å². The molecule has 5 aromatic carbocycles. The number of hydrogen-bond acceptors (Lipinski definition) is 3. The van der Waals surface area contributed by atoms with Crippen LogP contribution in [0.15, 0.2) is 152 Å². The first kappa shape index (κ1) is 31.3. The van der Waals surface area contributed by atoms with Crippen LogP contribution < -0.4 is 0 Å². The molecule has 0 radical (unpaired) electrons. The van der Waals surface area contributed by atoms with Crippen molar-refractivity contribution in [3.63, 3.8) is 0 Å². The molecule has 0 bridgehead atoms. The number of pyridine rings is 3. The maximum atomic E-state index is 5.25. The van der Waals surface area contributed by atoms with Crippen LogP contribution in [0.1, 0.15) is 50.9 Å². The van der Waals surface area contributed by atoms with Crippen molar-refractivity contribution < 1.29 is 0 Å². The number of nitrogens with zero attached hydrogens (tertiary/aromatic N) is 3. The van der Waals surface area contributed by atoms with Crippen molar-refractivity contribution in [1.82, 2.24) is 15.0 Å². The van der Waals surface area contributed by atoms with E-state index in [0.717, 1.165) is 78.0 Å². The topological polar surface area (TPSA) is 38.7 Å². The summed E-state index contributed by atoms with van der Waals surface area (Å²) in [4.78, 5) is 15.6. The normalized spacial score (nSPS) is 11.6. The van der Waals surface area contributed by atoms with Crippen LogP contribution in [0.25, 0.3) is 77.7 Å². The van der Waals surface area contributed by atoms with Crippen molar-refractivity contribution in [1.29, 1.82) is 0 Å². The van der Waals surface area contributed by atoms with Crippen LogP contribution in [0.5, 0.6) is 0 Å².